The third kappa shape index (κ3) is 3.57. The second-order valence-electron chi connectivity index (χ2n) is 2.76. The van der Waals surface area contributed by atoms with Gasteiger partial charge in [-0.25, -0.2) is 4.39 Å². The fraction of sp³-hybridized carbons (Fsp3) is 0.300. The van der Waals surface area contributed by atoms with E-state index >= 15 is 0 Å². The molecule has 5 heteroatoms. The number of ketones is 1. The van der Waals surface area contributed by atoms with E-state index in [0.29, 0.717) is 17.3 Å². The number of alkyl halides is 2. The van der Waals surface area contributed by atoms with Crippen molar-refractivity contribution >= 4 is 37.6 Å². The second-order valence-corrected chi connectivity index (χ2v) is 4.46. The Labute approximate surface area is 104 Å². The quantitative estimate of drug-likeness (QED) is 0.603. The molecule has 0 saturated carbocycles. The highest BCUT2D eigenvalue weighted by atomic mass is 79.9. The predicted molar refractivity (Wildman–Crippen MR) is 63.5 cm³/mol. The Kier molecular flexibility index (Phi) is 5.25. The molecule has 1 rings (SSSR count). The van der Waals surface area contributed by atoms with E-state index in [1.165, 1.54) is 0 Å². The standard InChI is InChI=1S/C10H9Br2FO2/c11-4-3-9(14)8-5-7(12)1-2-10(8)15-6-13/h1-2,5H,3-4,6H2. The van der Waals surface area contributed by atoms with Crippen LogP contribution in [0, 0.1) is 0 Å². The third-order valence-electron chi connectivity index (χ3n) is 1.77. The molecule has 0 atom stereocenters. The highest BCUT2D eigenvalue weighted by Crippen LogP contribution is 2.24. The van der Waals surface area contributed by atoms with Crippen molar-refractivity contribution in [3.05, 3.63) is 28.2 Å². The van der Waals surface area contributed by atoms with Gasteiger partial charge >= 0.3 is 0 Å². The molecule has 0 aliphatic heterocycles. The van der Waals surface area contributed by atoms with Gasteiger partial charge in [0.1, 0.15) is 5.75 Å². The lowest BCUT2D eigenvalue weighted by Crippen LogP contribution is -2.04. The van der Waals surface area contributed by atoms with Gasteiger partial charge in [-0.1, -0.05) is 31.9 Å². The van der Waals surface area contributed by atoms with Crippen molar-refractivity contribution in [2.45, 2.75) is 6.42 Å². The lowest BCUT2D eigenvalue weighted by atomic mass is 10.1. The first-order valence-corrected chi connectivity index (χ1v) is 6.18. The molecule has 0 heterocycles. The number of ether oxygens (including phenoxy) is 1. The first kappa shape index (κ1) is 12.6. The SMILES string of the molecule is O=C(CCBr)c1cc(Br)ccc1OCF. The maximum absolute atomic E-state index is 12.1. The van der Waals surface area contributed by atoms with Gasteiger partial charge in [0.2, 0.25) is 6.86 Å². The lowest BCUT2D eigenvalue weighted by Gasteiger charge is -2.07. The number of hydrogen-bond acceptors (Lipinski definition) is 2. The molecule has 0 aliphatic carbocycles. The van der Waals surface area contributed by atoms with Crippen LogP contribution in [0.25, 0.3) is 0 Å². The van der Waals surface area contributed by atoms with Crippen LogP contribution >= 0.6 is 31.9 Å². The highest BCUT2D eigenvalue weighted by Gasteiger charge is 2.12. The molecule has 1 aromatic rings. The number of hydrogen-bond donors (Lipinski definition) is 0. The number of carbonyl (C=O) groups excluding carboxylic acids is 1. The minimum atomic E-state index is -0.934. The summed E-state index contributed by atoms with van der Waals surface area (Å²) in [4.78, 5) is 11.6. The average molecular weight is 340 g/mol. The topological polar surface area (TPSA) is 26.3 Å². The number of rotatable bonds is 5. The van der Waals surface area contributed by atoms with E-state index in [0.717, 1.165) is 4.47 Å². The Morgan fingerprint density at radius 2 is 2.20 bits per heavy atom. The van der Waals surface area contributed by atoms with Gasteiger partial charge in [-0.2, -0.15) is 0 Å². The van der Waals surface area contributed by atoms with Crippen molar-refractivity contribution in [3.63, 3.8) is 0 Å². The Bertz CT molecular complexity index is 355. The van der Waals surface area contributed by atoms with E-state index in [4.69, 9.17) is 4.74 Å². The molecular formula is C10H9Br2FO2. The summed E-state index contributed by atoms with van der Waals surface area (Å²) in [5, 5.41) is 0.577. The van der Waals surface area contributed by atoms with Gasteiger partial charge in [-0.05, 0) is 18.2 Å². The monoisotopic (exact) mass is 338 g/mol. The van der Waals surface area contributed by atoms with Gasteiger partial charge in [0.25, 0.3) is 0 Å². The molecule has 82 valence electrons. The molecule has 15 heavy (non-hydrogen) atoms. The van der Waals surface area contributed by atoms with Crippen LogP contribution in [0.1, 0.15) is 16.8 Å². The summed E-state index contributed by atoms with van der Waals surface area (Å²) in [6.07, 6.45) is 0.360. The summed E-state index contributed by atoms with van der Waals surface area (Å²) >= 11 is 6.44. The first-order valence-electron chi connectivity index (χ1n) is 4.26. The zero-order valence-corrected chi connectivity index (χ0v) is 11.0. The van der Waals surface area contributed by atoms with E-state index in [1.54, 1.807) is 18.2 Å². The van der Waals surface area contributed by atoms with Crippen molar-refractivity contribution in [2.75, 3.05) is 12.2 Å². The van der Waals surface area contributed by atoms with Crippen LogP contribution in [0.4, 0.5) is 4.39 Å². The normalized spacial score (nSPS) is 10.1. The third-order valence-corrected chi connectivity index (χ3v) is 2.66. The maximum Gasteiger partial charge on any atom is 0.228 e. The summed E-state index contributed by atoms with van der Waals surface area (Å²) in [6, 6.07) is 4.91. The van der Waals surface area contributed by atoms with Crippen LogP contribution in [-0.4, -0.2) is 18.0 Å². The lowest BCUT2D eigenvalue weighted by molar-refractivity contribution is 0.0982. The number of benzene rings is 1. The molecular weight excluding hydrogens is 331 g/mol. The molecule has 0 unspecified atom stereocenters. The Balaban J connectivity index is 3.00. The molecule has 0 N–H and O–H groups in total. The minimum Gasteiger partial charge on any atom is -0.462 e. The second kappa shape index (κ2) is 6.23. The van der Waals surface area contributed by atoms with Gasteiger partial charge in [0.05, 0.1) is 5.56 Å². The van der Waals surface area contributed by atoms with Crippen molar-refractivity contribution in [2.24, 2.45) is 0 Å². The Morgan fingerprint density at radius 1 is 1.47 bits per heavy atom. The molecule has 2 nitrogen and oxygen atoms in total. The molecule has 0 saturated heterocycles. The summed E-state index contributed by atoms with van der Waals surface area (Å²) in [7, 11) is 0. The smallest absolute Gasteiger partial charge is 0.228 e. The molecule has 0 radical (unpaired) electrons. The maximum atomic E-state index is 12.1. The van der Waals surface area contributed by atoms with E-state index in [2.05, 4.69) is 31.9 Å². The van der Waals surface area contributed by atoms with Gasteiger partial charge in [0.15, 0.2) is 5.78 Å². The summed E-state index contributed by atoms with van der Waals surface area (Å²) in [5.41, 5.74) is 0.404. The molecule has 0 amide bonds. The molecule has 0 aliphatic rings. The van der Waals surface area contributed by atoms with Crippen LogP contribution in [-0.2, 0) is 0 Å². The zero-order chi connectivity index (χ0) is 11.3. The molecule has 0 fully saturated rings. The van der Waals surface area contributed by atoms with Gasteiger partial charge < -0.3 is 4.74 Å². The van der Waals surface area contributed by atoms with Crippen molar-refractivity contribution in [1.29, 1.82) is 0 Å². The largest absolute Gasteiger partial charge is 0.462 e. The van der Waals surface area contributed by atoms with Crippen LogP contribution in [0.5, 0.6) is 5.75 Å². The summed E-state index contributed by atoms with van der Waals surface area (Å²) in [5.74, 6) is 0.211. The van der Waals surface area contributed by atoms with Crippen LogP contribution < -0.4 is 4.74 Å². The zero-order valence-electron chi connectivity index (χ0n) is 7.80. The van der Waals surface area contributed by atoms with Crippen LogP contribution in [0.2, 0.25) is 0 Å². The van der Waals surface area contributed by atoms with Gasteiger partial charge in [0, 0.05) is 16.2 Å². The van der Waals surface area contributed by atoms with E-state index in [1.807, 2.05) is 0 Å². The molecule has 0 aromatic heterocycles. The van der Waals surface area contributed by atoms with E-state index in [9.17, 15) is 9.18 Å². The molecule has 0 spiro atoms. The predicted octanol–water partition coefficient (Wildman–Crippen LogP) is 3.72. The molecule has 0 bridgehead atoms. The summed E-state index contributed by atoms with van der Waals surface area (Å²) < 4.78 is 17.6. The fourth-order valence-electron chi connectivity index (χ4n) is 1.13. The summed E-state index contributed by atoms with van der Waals surface area (Å²) in [6.45, 7) is -0.934. The van der Waals surface area contributed by atoms with E-state index in [-0.39, 0.29) is 11.5 Å². The highest BCUT2D eigenvalue weighted by molar-refractivity contribution is 9.10. The van der Waals surface area contributed by atoms with Crippen LogP contribution in [0.15, 0.2) is 22.7 Å². The first-order chi connectivity index (χ1) is 7.19. The van der Waals surface area contributed by atoms with Crippen molar-refractivity contribution in [3.8, 4) is 5.75 Å². The molecule has 1 aromatic carbocycles. The Hall–Kier alpha value is -0.420. The van der Waals surface area contributed by atoms with Gasteiger partial charge in [-0.15, -0.1) is 0 Å². The van der Waals surface area contributed by atoms with Gasteiger partial charge in [-0.3, -0.25) is 4.79 Å². The Morgan fingerprint density at radius 3 is 2.80 bits per heavy atom. The van der Waals surface area contributed by atoms with Crippen LogP contribution in [0.3, 0.4) is 0 Å². The number of Topliss-reactive ketones (excluding diaryl/α,β-unsaturated/α-hetero) is 1. The number of halogens is 3. The average Bonchev–Trinajstić information content (AvgIpc) is 2.21. The fourth-order valence-corrected chi connectivity index (χ4v) is 1.85. The van der Waals surface area contributed by atoms with E-state index < -0.39 is 6.86 Å². The van der Waals surface area contributed by atoms with Crippen molar-refractivity contribution in [1.82, 2.24) is 0 Å². The number of carbonyl (C=O) groups is 1. The van der Waals surface area contributed by atoms with Crippen molar-refractivity contribution < 1.29 is 13.9 Å². The minimum absolute atomic E-state index is 0.0726.